The third kappa shape index (κ3) is 3.99. The minimum Gasteiger partial charge on any atom is -0.369 e. The van der Waals surface area contributed by atoms with Gasteiger partial charge in [-0.2, -0.15) is 17.0 Å². The van der Waals surface area contributed by atoms with Crippen LogP contribution in [0, 0.1) is 22.0 Å². The van der Waals surface area contributed by atoms with Crippen molar-refractivity contribution in [3.8, 4) is 0 Å². The quantitative estimate of drug-likeness (QED) is 0.587. The highest BCUT2D eigenvalue weighted by atomic mass is 32.2. The van der Waals surface area contributed by atoms with E-state index in [0.29, 0.717) is 51.1 Å². The predicted octanol–water partition coefficient (Wildman–Crippen LogP) is 1.94. The van der Waals surface area contributed by atoms with Gasteiger partial charge in [-0.05, 0) is 30.4 Å². The number of nitro groups is 1. The third-order valence-electron chi connectivity index (χ3n) is 5.15. The van der Waals surface area contributed by atoms with Gasteiger partial charge in [0.25, 0.3) is 15.9 Å². The maximum Gasteiger partial charge on any atom is 0.282 e. The minimum absolute atomic E-state index is 0.0586. The Bertz CT molecular complexity index is 735. The van der Waals surface area contributed by atoms with E-state index in [1.54, 1.807) is 20.7 Å². The first-order valence-electron chi connectivity index (χ1n) is 9.02. The minimum atomic E-state index is -3.42. The van der Waals surface area contributed by atoms with E-state index in [1.165, 1.54) is 12.1 Å². The molecule has 0 bridgehead atoms. The Morgan fingerprint density at radius 3 is 2.00 bits per heavy atom. The summed E-state index contributed by atoms with van der Waals surface area (Å²) in [4.78, 5) is 12.4. The van der Waals surface area contributed by atoms with Gasteiger partial charge in [0.15, 0.2) is 0 Å². The fourth-order valence-electron chi connectivity index (χ4n) is 3.92. The first kappa shape index (κ1) is 19.1. The van der Waals surface area contributed by atoms with Crippen molar-refractivity contribution in [2.45, 2.75) is 20.3 Å². The van der Waals surface area contributed by atoms with Crippen molar-refractivity contribution in [3.05, 3.63) is 34.4 Å². The van der Waals surface area contributed by atoms with Crippen molar-refractivity contribution >= 4 is 21.6 Å². The molecule has 144 valence electrons. The van der Waals surface area contributed by atoms with Crippen LogP contribution in [-0.4, -0.2) is 61.2 Å². The van der Waals surface area contributed by atoms with Crippen molar-refractivity contribution in [1.82, 2.24) is 8.61 Å². The normalized spacial score (nSPS) is 26.0. The fraction of sp³-hybridized carbons (Fsp3) is 0.647. The molecule has 9 heteroatoms. The van der Waals surface area contributed by atoms with E-state index in [1.807, 2.05) is 0 Å². The van der Waals surface area contributed by atoms with Gasteiger partial charge in [0.1, 0.15) is 0 Å². The Balaban J connectivity index is 1.63. The number of rotatable bonds is 4. The average molecular weight is 382 g/mol. The lowest BCUT2D eigenvalue weighted by Crippen LogP contribution is -2.55. The molecule has 1 aromatic rings. The first-order valence-corrected chi connectivity index (χ1v) is 10.4. The Morgan fingerprint density at radius 2 is 1.50 bits per heavy atom. The lowest BCUT2D eigenvalue weighted by Gasteiger charge is -2.40. The van der Waals surface area contributed by atoms with E-state index < -0.39 is 15.1 Å². The van der Waals surface area contributed by atoms with Crippen molar-refractivity contribution in [3.63, 3.8) is 0 Å². The van der Waals surface area contributed by atoms with Gasteiger partial charge in [0.2, 0.25) is 0 Å². The molecule has 2 heterocycles. The number of anilines is 1. The van der Waals surface area contributed by atoms with Gasteiger partial charge in [-0.15, -0.1) is 0 Å². The Hall–Kier alpha value is -1.71. The summed E-state index contributed by atoms with van der Waals surface area (Å²) in [6.07, 6.45) is 1.07. The molecule has 0 radical (unpaired) electrons. The number of hydrogen-bond donors (Lipinski definition) is 0. The van der Waals surface area contributed by atoms with Gasteiger partial charge in [-0.25, -0.2) is 0 Å². The predicted molar refractivity (Wildman–Crippen MR) is 100 cm³/mol. The van der Waals surface area contributed by atoms with Crippen LogP contribution in [0.2, 0.25) is 0 Å². The Labute approximate surface area is 154 Å². The van der Waals surface area contributed by atoms with Crippen LogP contribution in [0.3, 0.4) is 0 Å². The molecule has 0 spiro atoms. The number of piperazine rings is 1. The third-order valence-corrected chi connectivity index (χ3v) is 7.12. The average Bonchev–Trinajstić information content (AvgIpc) is 2.61. The summed E-state index contributed by atoms with van der Waals surface area (Å²) >= 11 is 0. The zero-order valence-electron chi connectivity index (χ0n) is 15.2. The maximum atomic E-state index is 13.0. The van der Waals surface area contributed by atoms with E-state index in [0.717, 1.165) is 12.1 Å². The molecule has 2 fully saturated rings. The summed E-state index contributed by atoms with van der Waals surface area (Å²) in [6.45, 7) is 7.41. The highest BCUT2D eigenvalue weighted by Gasteiger charge is 2.36. The van der Waals surface area contributed by atoms with Gasteiger partial charge < -0.3 is 4.90 Å². The van der Waals surface area contributed by atoms with Crippen LogP contribution in [-0.2, 0) is 10.2 Å². The van der Waals surface area contributed by atoms with Crippen LogP contribution in [0.4, 0.5) is 11.4 Å². The van der Waals surface area contributed by atoms with Crippen LogP contribution in [0.15, 0.2) is 24.3 Å². The Kier molecular flexibility index (Phi) is 5.50. The first-order chi connectivity index (χ1) is 12.3. The summed E-state index contributed by atoms with van der Waals surface area (Å²) in [5.41, 5.74) is 0.941. The molecule has 2 aliphatic heterocycles. The second-order valence-electron chi connectivity index (χ2n) is 7.43. The smallest absolute Gasteiger partial charge is 0.282 e. The van der Waals surface area contributed by atoms with E-state index in [4.69, 9.17) is 0 Å². The standard InChI is InChI=1S/C17H26N4O4S/c1-14-11-15(2)13-20(12-14)26(24,25)19-9-7-18(8-10-19)16-3-5-17(6-4-16)21(22)23/h3-6,14-15H,7-13H2,1-2H3. The summed E-state index contributed by atoms with van der Waals surface area (Å²) in [6, 6.07) is 6.40. The molecule has 26 heavy (non-hydrogen) atoms. The zero-order valence-corrected chi connectivity index (χ0v) is 16.1. The number of benzene rings is 1. The molecule has 0 saturated carbocycles. The zero-order chi connectivity index (χ0) is 18.9. The van der Waals surface area contributed by atoms with Crippen molar-refractivity contribution in [2.75, 3.05) is 44.2 Å². The molecule has 8 nitrogen and oxygen atoms in total. The van der Waals surface area contributed by atoms with Crippen molar-refractivity contribution < 1.29 is 13.3 Å². The lowest BCUT2D eigenvalue weighted by atomic mass is 9.94. The summed E-state index contributed by atoms with van der Waals surface area (Å²) < 4.78 is 29.1. The van der Waals surface area contributed by atoms with Crippen LogP contribution in [0.25, 0.3) is 0 Å². The number of nitro benzene ring substituents is 1. The Morgan fingerprint density at radius 1 is 0.962 bits per heavy atom. The highest BCUT2D eigenvalue weighted by Crippen LogP contribution is 2.26. The molecular formula is C17H26N4O4S. The monoisotopic (exact) mass is 382 g/mol. The largest absolute Gasteiger partial charge is 0.369 e. The van der Waals surface area contributed by atoms with Crippen LogP contribution in [0.5, 0.6) is 0 Å². The molecule has 0 N–H and O–H groups in total. The van der Waals surface area contributed by atoms with Crippen molar-refractivity contribution in [2.24, 2.45) is 11.8 Å². The molecule has 3 rings (SSSR count). The van der Waals surface area contributed by atoms with Crippen LogP contribution >= 0.6 is 0 Å². The van der Waals surface area contributed by atoms with Crippen LogP contribution < -0.4 is 4.90 Å². The second-order valence-corrected chi connectivity index (χ2v) is 9.36. The van der Waals surface area contributed by atoms with E-state index in [9.17, 15) is 18.5 Å². The fourth-order valence-corrected chi connectivity index (χ4v) is 5.76. The molecular weight excluding hydrogens is 356 g/mol. The maximum absolute atomic E-state index is 13.0. The molecule has 2 unspecified atom stereocenters. The molecule has 2 aliphatic rings. The number of hydrogen-bond acceptors (Lipinski definition) is 5. The van der Waals surface area contributed by atoms with E-state index in [2.05, 4.69) is 18.7 Å². The van der Waals surface area contributed by atoms with E-state index in [-0.39, 0.29) is 5.69 Å². The van der Waals surface area contributed by atoms with Crippen LogP contribution in [0.1, 0.15) is 20.3 Å². The number of non-ortho nitro benzene ring substituents is 1. The SMILES string of the molecule is CC1CC(C)CN(S(=O)(=O)N2CCN(c3ccc([N+](=O)[O-])cc3)CC2)C1. The molecule has 1 aromatic carbocycles. The lowest BCUT2D eigenvalue weighted by molar-refractivity contribution is -0.384. The highest BCUT2D eigenvalue weighted by molar-refractivity contribution is 7.86. The van der Waals surface area contributed by atoms with Gasteiger partial charge in [-0.3, -0.25) is 10.1 Å². The van der Waals surface area contributed by atoms with Gasteiger partial charge >= 0.3 is 0 Å². The van der Waals surface area contributed by atoms with Gasteiger partial charge in [0.05, 0.1) is 4.92 Å². The second kappa shape index (κ2) is 7.50. The molecule has 2 atom stereocenters. The summed E-state index contributed by atoms with van der Waals surface area (Å²) in [5.74, 6) is 0.768. The molecule has 0 amide bonds. The number of nitrogens with zero attached hydrogens (tertiary/aromatic N) is 4. The van der Waals surface area contributed by atoms with Crippen molar-refractivity contribution in [1.29, 1.82) is 0 Å². The number of piperidine rings is 1. The molecule has 0 aromatic heterocycles. The topological polar surface area (TPSA) is 87.0 Å². The summed E-state index contributed by atoms with van der Waals surface area (Å²) in [7, 11) is -3.42. The molecule has 2 saturated heterocycles. The molecule has 0 aliphatic carbocycles. The summed E-state index contributed by atoms with van der Waals surface area (Å²) in [5, 5.41) is 10.8. The van der Waals surface area contributed by atoms with Gasteiger partial charge in [0, 0.05) is 57.1 Å². The van der Waals surface area contributed by atoms with E-state index >= 15 is 0 Å². The van der Waals surface area contributed by atoms with Gasteiger partial charge in [-0.1, -0.05) is 13.8 Å².